The minimum absolute atomic E-state index is 0.218. The molecule has 6 heteroatoms. The molecule has 37 heavy (non-hydrogen) atoms. The van der Waals surface area contributed by atoms with Crippen molar-refractivity contribution in [2.45, 2.75) is 90.5 Å². The second kappa shape index (κ2) is 17.4. The van der Waals surface area contributed by atoms with Crippen LogP contribution in [-0.2, 0) is 6.54 Å². The van der Waals surface area contributed by atoms with E-state index in [4.69, 9.17) is 16.3 Å². The van der Waals surface area contributed by atoms with E-state index in [0.717, 1.165) is 24.5 Å². The summed E-state index contributed by atoms with van der Waals surface area (Å²) >= 11 is 8.21. The number of rotatable bonds is 18. The summed E-state index contributed by atoms with van der Waals surface area (Å²) in [5, 5.41) is 5.45. The number of anilines is 1. The van der Waals surface area contributed by atoms with Gasteiger partial charge in [0.05, 0.1) is 23.1 Å². The van der Waals surface area contributed by atoms with E-state index < -0.39 is 0 Å². The van der Waals surface area contributed by atoms with Gasteiger partial charge in [-0.25, -0.2) is 0 Å². The normalized spacial score (nSPS) is 12.8. The molecule has 0 saturated carbocycles. The predicted octanol–water partition coefficient (Wildman–Crippen LogP) is 9.65. The molecule has 0 saturated heterocycles. The maximum Gasteiger partial charge on any atom is 0.257 e. The Hall–Kier alpha value is -2.11. The molecule has 2 aromatic carbocycles. The molecule has 202 valence electrons. The van der Waals surface area contributed by atoms with Crippen molar-refractivity contribution < 1.29 is 9.53 Å². The maximum atomic E-state index is 12.7. The van der Waals surface area contributed by atoms with Crippen molar-refractivity contribution in [2.24, 2.45) is 0 Å². The van der Waals surface area contributed by atoms with Gasteiger partial charge >= 0.3 is 0 Å². The van der Waals surface area contributed by atoms with Crippen LogP contribution in [0.4, 0.5) is 5.69 Å². The zero-order valence-electron chi connectivity index (χ0n) is 22.4. The number of carbonyl (C=O) groups is 1. The zero-order chi connectivity index (χ0) is 26.1. The van der Waals surface area contributed by atoms with Crippen molar-refractivity contribution in [1.82, 2.24) is 4.90 Å². The van der Waals surface area contributed by atoms with E-state index >= 15 is 0 Å². The lowest BCUT2D eigenvalue weighted by Gasteiger charge is -2.15. The van der Waals surface area contributed by atoms with Crippen molar-refractivity contribution in [3.63, 3.8) is 0 Å². The number of hydrogen-bond donors (Lipinski definition) is 1. The number of unbranched alkanes of at least 4 members (excludes halogenated alkanes) is 11. The lowest BCUT2D eigenvalue weighted by Crippen LogP contribution is -2.14. The van der Waals surface area contributed by atoms with Gasteiger partial charge in [0, 0.05) is 18.4 Å². The second-order valence-electron chi connectivity index (χ2n) is 9.86. The first-order valence-electron chi connectivity index (χ1n) is 14.0. The van der Waals surface area contributed by atoms with Crippen LogP contribution in [0.25, 0.3) is 0 Å². The number of benzene rings is 2. The van der Waals surface area contributed by atoms with Gasteiger partial charge in [-0.05, 0) is 47.7 Å². The Labute approximate surface area is 233 Å². The lowest BCUT2D eigenvalue weighted by atomic mass is 10.1. The number of nitrogens with zero attached hydrogens (tertiary/aromatic N) is 1. The molecule has 1 aliphatic rings. The van der Waals surface area contributed by atoms with Gasteiger partial charge in [-0.2, -0.15) is 0 Å². The smallest absolute Gasteiger partial charge is 0.257 e. The van der Waals surface area contributed by atoms with Gasteiger partial charge in [-0.15, -0.1) is 11.8 Å². The number of ether oxygens (including phenoxy) is 1. The topological polar surface area (TPSA) is 41.6 Å². The molecule has 1 heterocycles. The molecular weight excluding hydrogens is 500 g/mol. The van der Waals surface area contributed by atoms with E-state index in [-0.39, 0.29) is 5.91 Å². The zero-order valence-corrected chi connectivity index (χ0v) is 23.9. The molecule has 1 aliphatic heterocycles. The fourth-order valence-electron chi connectivity index (χ4n) is 4.44. The van der Waals surface area contributed by atoms with Gasteiger partial charge in [-0.3, -0.25) is 4.79 Å². The molecule has 0 bridgehead atoms. The summed E-state index contributed by atoms with van der Waals surface area (Å²) in [5.41, 5.74) is 2.41. The van der Waals surface area contributed by atoms with Gasteiger partial charge < -0.3 is 15.0 Å². The highest BCUT2D eigenvalue weighted by molar-refractivity contribution is 8.02. The maximum absolute atomic E-state index is 12.7. The Morgan fingerprint density at radius 2 is 1.57 bits per heavy atom. The van der Waals surface area contributed by atoms with Crippen molar-refractivity contribution in [2.75, 3.05) is 17.8 Å². The van der Waals surface area contributed by atoms with Gasteiger partial charge in [0.2, 0.25) is 0 Å². The van der Waals surface area contributed by atoms with Crippen LogP contribution in [0.3, 0.4) is 0 Å². The van der Waals surface area contributed by atoms with Gasteiger partial charge in [0.25, 0.3) is 5.91 Å². The number of nitrogens with one attached hydrogen (secondary N) is 1. The van der Waals surface area contributed by atoms with E-state index in [2.05, 4.69) is 28.7 Å². The SMILES string of the molecule is CCCCCCCCCCCCCCOc1ccc(C(=O)Nc2ccc(CN3C=CSC3)cc2)c(Cl)c1. The average molecular weight is 543 g/mol. The molecule has 0 spiro atoms. The largest absolute Gasteiger partial charge is 0.494 e. The fraction of sp³-hybridized carbons (Fsp3) is 0.516. The predicted molar refractivity (Wildman–Crippen MR) is 160 cm³/mol. The summed E-state index contributed by atoms with van der Waals surface area (Å²) in [5.74, 6) is 1.48. The molecule has 0 fully saturated rings. The van der Waals surface area contributed by atoms with Crippen LogP contribution in [0.5, 0.6) is 5.75 Å². The monoisotopic (exact) mass is 542 g/mol. The Morgan fingerprint density at radius 1 is 0.919 bits per heavy atom. The Bertz CT molecular complexity index is 964. The van der Waals surface area contributed by atoms with Crippen molar-refractivity contribution in [3.05, 3.63) is 70.2 Å². The van der Waals surface area contributed by atoms with Crippen LogP contribution < -0.4 is 10.1 Å². The van der Waals surface area contributed by atoms with Crippen LogP contribution in [-0.4, -0.2) is 23.3 Å². The summed E-state index contributed by atoms with van der Waals surface area (Å²) in [4.78, 5) is 15.0. The first-order chi connectivity index (χ1) is 18.2. The quantitative estimate of drug-likeness (QED) is 0.190. The van der Waals surface area contributed by atoms with Crippen molar-refractivity contribution in [1.29, 1.82) is 0 Å². The molecule has 1 amide bonds. The molecule has 0 aliphatic carbocycles. The first-order valence-corrected chi connectivity index (χ1v) is 15.4. The third-order valence-electron chi connectivity index (χ3n) is 6.66. The molecule has 3 rings (SSSR count). The second-order valence-corrected chi connectivity index (χ2v) is 11.1. The number of halogens is 1. The van der Waals surface area contributed by atoms with Gasteiger partial charge in [0.15, 0.2) is 0 Å². The Morgan fingerprint density at radius 3 is 2.16 bits per heavy atom. The van der Waals surface area contributed by atoms with Gasteiger partial charge in [0.1, 0.15) is 5.75 Å². The fourth-order valence-corrected chi connectivity index (χ4v) is 5.41. The Balaban J connectivity index is 1.28. The third kappa shape index (κ3) is 11.4. The summed E-state index contributed by atoms with van der Waals surface area (Å²) in [6, 6.07) is 13.2. The van der Waals surface area contributed by atoms with Crippen LogP contribution >= 0.6 is 23.4 Å². The highest BCUT2D eigenvalue weighted by Crippen LogP contribution is 2.25. The minimum Gasteiger partial charge on any atom is -0.494 e. The highest BCUT2D eigenvalue weighted by atomic mass is 35.5. The molecule has 1 N–H and O–H groups in total. The lowest BCUT2D eigenvalue weighted by molar-refractivity contribution is 0.102. The van der Waals surface area contributed by atoms with E-state index in [1.807, 2.05) is 30.3 Å². The summed E-state index contributed by atoms with van der Waals surface area (Å²) in [7, 11) is 0. The summed E-state index contributed by atoms with van der Waals surface area (Å²) in [6.07, 6.45) is 18.0. The van der Waals surface area contributed by atoms with Crippen molar-refractivity contribution in [3.8, 4) is 5.75 Å². The van der Waals surface area contributed by atoms with Crippen LogP contribution in [0.15, 0.2) is 54.1 Å². The molecule has 0 unspecified atom stereocenters. The highest BCUT2D eigenvalue weighted by Gasteiger charge is 2.12. The number of amides is 1. The first kappa shape index (κ1) is 29.4. The molecule has 0 aromatic heterocycles. The number of carbonyl (C=O) groups excluding carboxylic acids is 1. The summed E-state index contributed by atoms with van der Waals surface area (Å²) < 4.78 is 5.87. The van der Waals surface area contributed by atoms with Crippen LogP contribution in [0.2, 0.25) is 5.02 Å². The van der Waals surface area contributed by atoms with E-state index in [0.29, 0.717) is 22.9 Å². The van der Waals surface area contributed by atoms with Crippen LogP contribution in [0.1, 0.15) is 99.9 Å². The minimum atomic E-state index is -0.218. The summed E-state index contributed by atoms with van der Waals surface area (Å²) in [6.45, 7) is 3.81. The van der Waals surface area contributed by atoms with Crippen molar-refractivity contribution >= 4 is 35.0 Å². The van der Waals surface area contributed by atoms with E-state index in [1.54, 1.807) is 23.9 Å². The van der Waals surface area contributed by atoms with E-state index in [9.17, 15) is 4.79 Å². The third-order valence-corrected chi connectivity index (χ3v) is 7.77. The molecule has 4 nitrogen and oxygen atoms in total. The Kier molecular flexibility index (Phi) is 13.9. The molecular formula is C31H43ClN2O2S. The molecule has 2 aromatic rings. The number of hydrogen-bond acceptors (Lipinski definition) is 4. The van der Waals surface area contributed by atoms with E-state index in [1.165, 1.54) is 76.2 Å². The molecule has 0 radical (unpaired) electrons. The average Bonchev–Trinajstić information content (AvgIpc) is 3.41. The standard InChI is InChI=1S/C31H43ClN2O2S/c1-2-3-4-5-6-7-8-9-10-11-12-13-21-36-28-18-19-29(30(32)23-28)31(35)33-27-16-14-26(15-17-27)24-34-20-22-37-25-34/h14-20,22-23H,2-13,21,24-25H2,1H3,(H,33,35). The molecule has 0 atom stereocenters. The van der Waals surface area contributed by atoms with Gasteiger partial charge in [-0.1, -0.05) is 101 Å². The number of thioether (sulfide) groups is 1. The van der Waals surface area contributed by atoms with Crippen LogP contribution in [0, 0.1) is 0 Å².